The normalized spacial score (nSPS) is 19.8. The lowest BCUT2D eigenvalue weighted by atomic mass is 10.0. The van der Waals surface area contributed by atoms with E-state index in [9.17, 15) is 12.8 Å². The van der Waals surface area contributed by atoms with E-state index in [2.05, 4.69) is 4.99 Å². The minimum Gasteiger partial charge on any atom is -0.467 e. The van der Waals surface area contributed by atoms with Crippen molar-refractivity contribution in [3.05, 3.63) is 59.7 Å². The second kappa shape index (κ2) is 7.07. The highest BCUT2D eigenvalue weighted by Crippen LogP contribution is 2.32. The number of hydrogen-bond acceptors (Lipinski definition) is 5. The van der Waals surface area contributed by atoms with Gasteiger partial charge in [-0.1, -0.05) is 12.1 Å². The van der Waals surface area contributed by atoms with Crippen LogP contribution in [-0.2, 0) is 14.6 Å². The van der Waals surface area contributed by atoms with Crippen LogP contribution in [0.15, 0.2) is 58.4 Å². The predicted octanol–water partition coefficient (Wildman–Crippen LogP) is 3.01. The van der Waals surface area contributed by atoms with Gasteiger partial charge in [-0.2, -0.15) is 0 Å². The molecule has 2 atom stereocenters. The van der Waals surface area contributed by atoms with Gasteiger partial charge in [0.1, 0.15) is 12.7 Å². The minimum atomic E-state index is -3.27. The van der Waals surface area contributed by atoms with Crippen LogP contribution in [0.1, 0.15) is 17.2 Å². The topological polar surface area (TPSA) is 59.0 Å². The molecule has 26 heavy (non-hydrogen) atoms. The Labute approximate surface area is 153 Å². The van der Waals surface area contributed by atoms with Crippen LogP contribution < -0.4 is 4.90 Å². The van der Waals surface area contributed by atoms with Crippen LogP contribution in [0.2, 0.25) is 0 Å². The molecule has 0 radical (unpaired) electrons. The molecule has 0 spiro atoms. The third kappa shape index (κ3) is 3.72. The largest absolute Gasteiger partial charge is 0.467 e. The summed E-state index contributed by atoms with van der Waals surface area (Å²) in [6.45, 7) is -0.655. The van der Waals surface area contributed by atoms with Gasteiger partial charge < -0.3 is 9.64 Å². The first-order valence-corrected chi connectivity index (χ1v) is 10.1. The third-order valence-electron chi connectivity index (χ3n) is 4.30. The molecule has 3 rings (SSSR count). The van der Waals surface area contributed by atoms with Crippen molar-refractivity contribution < 1.29 is 17.5 Å². The fourth-order valence-electron chi connectivity index (χ4n) is 2.80. The molecule has 7 heteroatoms. The lowest BCUT2D eigenvalue weighted by molar-refractivity contribution is 0.180. The summed E-state index contributed by atoms with van der Waals surface area (Å²) in [7, 11) is 0.630. The van der Waals surface area contributed by atoms with Gasteiger partial charge in [-0.3, -0.25) is 0 Å². The first-order chi connectivity index (χ1) is 12.3. The molecule has 0 saturated carbocycles. The van der Waals surface area contributed by atoms with Crippen LogP contribution in [0.3, 0.4) is 0 Å². The molecule has 2 aromatic rings. The molecule has 0 bridgehead atoms. The van der Waals surface area contributed by atoms with Gasteiger partial charge in [0.25, 0.3) is 0 Å². The van der Waals surface area contributed by atoms with E-state index < -0.39 is 28.7 Å². The first-order valence-electron chi connectivity index (χ1n) is 8.18. The third-order valence-corrected chi connectivity index (χ3v) is 5.43. The summed E-state index contributed by atoms with van der Waals surface area (Å²) in [6, 6.07) is 13.3. The van der Waals surface area contributed by atoms with Gasteiger partial charge in [-0.25, -0.2) is 17.8 Å². The number of rotatable bonds is 5. The summed E-state index contributed by atoms with van der Waals surface area (Å²) < 4.78 is 42.5. The molecule has 0 N–H and O–H groups in total. The average Bonchev–Trinajstić information content (AvgIpc) is 3.05. The predicted molar refractivity (Wildman–Crippen MR) is 100 cm³/mol. The number of hydrogen-bond donors (Lipinski definition) is 0. The lowest BCUT2D eigenvalue weighted by Gasteiger charge is -2.16. The van der Waals surface area contributed by atoms with Crippen molar-refractivity contribution in [2.24, 2.45) is 4.99 Å². The number of ether oxygens (including phenoxy) is 1. The van der Waals surface area contributed by atoms with Gasteiger partial charge >= 0.3 is 0 Å². The average molecular weight is 376 g/mol. The standard InChI is InChI=1S/C19H21FN2O3S/c1-22(2)15-8-4-14(5-9-15)19-21-17(12-20)18(25-19)13-6-10-16(11-7-13)26(3,23)24/h4-11,17-18H,12H2,1-3H3. The molecule has 1 heterocycles. The van der Waals surface area contributed by atoms with Crippen molar-refractivity contribution in [2.75, 3.05) is 31.9 Å². The second-order valence-corrected chi connectivity index (χ2v) is 8.49. The Morgan fingerprint density at radius 2 is 1.69 bits per heavy atom. The van der Waals surface area contributed by atoms with Crippen LogP contribution in [-0.4, -0.2) is 47.4 Å². The molecule has 5 nitrogen and oxygen atoms in total. The minimum absolute atomic E-state index is 0.219. The summed E-state index contributed by atoms with van der Waals surface area (Å²) in [5.74, 6) is 0.398. The van der Waals surface area contributed by atoms with E-state index in [1.807, 2.05) is 43.3 Å². The van der Waals surface area contributed by atoms with Crippen LogP contribution in [0.4, 0.5) is 10.1 Å². The van der Waals surface area contributed by atoms with Gasteiger partial charge in [0.15, 0.2) is 15.9 Å². The number of benzene rings is 2. The molecule has 0 fully saturated rings. The number of aliphatic imine (C=N–C) groups is 1. The smallest absolute Gasteiger partial charge is 0.217 e. The highest BCUT2D eigenvalue weighted by atomic mass is 32.2. The molecule has 2 unspecified atom stereocenters. The molecule has 0 amide bonds. The molecule has 0 saturated heterocycles. The van der Waals surface area contributed by atoms with Gasteiger partial charge in [-0.05, 0) is 42.0 Å². The van der Waals surface area contributed by atoms with E-state index in [1.54, 1.807) is 12.1 Å². The zero-order chi connectivity index (χ0) is 18.9. The summed E-state index contributed by atoms with van der Waals surface area (Å²) in [4.78, 5) is 6.57. The van der Waals surface area contributed by atoms with Crippen molar-refractivity contribution in [2.45, 2.75) is 17.0 Å². The number of sulfone groups is 1. The van der Waals surface area contributed by atoms with Crippen LogP contribution in [0.25, 0.3) is 0 Å². The van der Waals surface area contributed by atoms with E-state index in [0.29, 0.717) is 11.5 Å². The van der Waals surface area contributed by atoms with Crippen molar-refractivity contribution in [3.63, 3.8) is 0 Å². The Morgan fingerprint density at radius 1 is 1.08 bits per heavy atom. The monoisotopic (exact) mass is 376 g/mol. The van der Waals surface area contributed by atoms with Gasteiger partial charge in [0.05, 0.1) is 4.90 Å². The Kier molecular flexibility index (Phi) is 5.00. The van der Waals surface area contributed by atoms with Crippen LogP contribution >= 0.6 is 0 Å². The Morgan fingerprint density at radius 3 is 2.19 bits per heavy atom. The van der Waals surface area contributed by atoms with Gasteiger partial charge in [0.2, 0.25) is 5.90 Å². The fourth-order valence-corrected chi connectivity index (χ4v) is 3.43. The Balaban J connectivity index is 1.83. The fraction of sp³-hybridized carbons (Fsp3) is 0.316. The highest BCUT2D eigenvalue weighted by molar-refractivity contribution is 7.90. The van der Waals surface area contributed by atoms with Crippen LogP contribution in [0.5, 0.6) is 0 Å². The second-order valence-electron chi connectivity index (χ2n) is 6.48. The van der Waals surface area contributed by atoms with E-state index in [1.165, 1.54) is 12.1 Å². The van der Waals surface area contributed by atoms with Crippen LogP contribution in [0, 0.1) is 0 Å². The molecule has 1 aliphatic heterocycles. The summed E-state index contributed by atoms with van der Waals surface area (Å²) in [5, 5.41) is 0. The Bertz CT molecular complexity index is 907. The van der Waals surface area contributed by atoms with Crippen molar-refractivity contribution in [1.82, 2.24) is 0 Å². The van der Waals surface area contributed by atoms with Gasteiger partial charge in [0, 0.05) is 31.6 Å². The van der Waals surface area contributed by atoms with Crippen molar-refractivity contribution >= 4 is 21.4 Å². The first kappa shape index (κ1) is 18.4. The number of halogens is 1. The molecule has 1 aliphatic rings. The quantitative estimate of drug-likeness (QED) is 0.805. The summed E-state index contributed by atoms with van der Waals surface area (Å²) >= 11 is 0. The zero-order valence-corrected chi connectivity index (χ0v) is 15.7. The zero-order valence-electron chi connectivity index (χ0n) is 14.9. The maximum absolute atomic E-state index is 13.5. The van der Waals surface area contributed by atoms with Gasteiger partial charge in [-0.15, -0.1) is 0 Å². The molecule has 0 aliphatic carbocycles. The maximum Gasteiger partial charge on any atom is 0.217 e. The molecular formula is C19H21FN2O3S. The number of nitrogens with zero attached hydrogens (tertiary/aromatic N) is 2. The van der Waals surface area contributed by atoms with Crippen molar-refractivity contribution in [3.8, 4) is 0 Å². The van der Waals surface area contributed by atoms with Crippen molar-refractivity contribution in [1.29, 1.82) is 0 Å². The number of anilines is 1. The lowest BCUT2D eigenvalue weighted by Crippen LogP contribution is -2.16. The maximum atomic E-state index is 13.5. The summed E-state index contributed by atoms with van der Waals surface area (Å²) in [6.07, 6.45) is 0.578. The highest BCUT2D eigenvalue weighted by Gasteiger charge is 2.33. The molecule has 2 aromatic carbocycles. The molecule has 138 valence electrons. The van der Waals surface area contributed by atoms with E-state index in [-0.39, 0.29) is 4.90 Å². The van der Waals surface area contributed by atoms with E-state index >= 15 is 0 Å². The number of alkyl halides is 1. The van der Waals surface area contributed by atoms with E-state index in [4.69, 9.17) is 4.74 Å². The SMILES string of the molecule is CN(C)c1ccc(C2=NC(CF)C(c3ccc(S(C)(=O)=O)cc3)O2)cc1. The summed E-state index contributed by atoms with van der Waals surface area (Å²) in [5.41, 5.74) is 2.52. The Hall–Kier alpha value is -2.41. The molecular weight excluding hydrogens is 355 g/mol. The molecule has 0 aromatic heterocycles. The van der Waals surface area contributed by atoms with E-state index in [0.717, 1.165) is 17.5 Å².